The quantitative estimate of drug-likeness (QED) is 0.353. The van der Waals surface area contributed by atoms with Crippen LogP contribution >= 0.6 is 0 Å². The molecule has 0 spiro atoms. The van der Waals surface area contributed by atoms with Gasteiger partial charge in [-0.2, -0.15) is 0 Å². The van der Waals surface area contributed by atoms with Crippen molar-refractivity contribution in [2.75, 3.05) is 33.2 Å². The molecule has 3 aromatic carbocycles. The van der Waals surface area contributed by atoms with Crippen molar-refractivity contribution in [3.63, 3.8) is 0 Å². The van der Waals surface area contributed by atoms with Gasteiger partial charge < -0.3 is 29.4 Å². The van der Waals surface area contributed by atoms with Crippen LogP contribution in [0.5, 0.6) is 17.2 Å². The van der Waals surface area contributed by atoms with E-state index >= 15 is 0 Å². The normalized spacial score (nSPS) is 10.6. The van der Waals surface area contributed by atoms with Gasteiger partial charge in [0.2, 0.25) is 0 Å². The fraction of sp³-hybridized carbons (Fsp3) is 0.214. The highest BCUT2D eigenvalue weighted by Gasteiger charge is 2.17. The number of rotatable bonds is 9. The van der Waals surface area contributed by atoms with Crippen molar-refractivity contribution in [2.24, 2.45) is 0 Å². The van der Waals surface area contributed by atoms with Crippen molar-refractivity contribution in [3.05, 3.63) is 94.3 Å². The van der Waals surface area contributed by atoms with E-state index in [1.165, 1.54) is 0 Å². The maximum absolute atomic E-state index is 13.3. The summed E-state index contributed by atoms with van der Waals surface area (Å²) in [5.74, 6) is 1.95. The van der Waals surface area contributed by atoms with Crippen LogP contribution in [0.25, 0.3) is 10.9 Å². The van der Waals surface area contributed by atoms with Crippen LogP contribution in [-0.2, 0) is 13.0 Å². The second kappa shape index (κ2) is 11.3. The summed E-state index contributed by atoms with van der Waals surface area (Å²) in [6.45, 7) is 0.512. The number of aromatic nitrogens is 1. The predicted molar refractivity (Wildman–Crippen MR) is 140 cm³/mol. The number of nitrogens with zero attached hydrogens (tertiary/aromatic N) is 1. The third-order valence-corrected chi connectivity index (χ3v) is 5.92. The van der Waals surface area contributed by atoms with Gasteiger partial charge in [0.05, 0.1) is 27.9 Å². The summed E-state index contributed by atoms with van der Waals surface area (Å²) in [6.07, 6.45) is 0.557. The molecular formula is C28H29N3O5. The second-order valence-corrected chi connectivity index (χ2v) is 8.23. The van der Waals surface area contributed by atoms with E-state index in [4.69, 9.17) is 14.2 Å². The van der Waals surface area contributed by atoms with Crippen molar-refractivity contribution in [3.8, 4) is 17.2 Å². The van der Waals surface area contributed by atoms with E-state index < -0.39 is 0 Å². The van der Waals surface area contributed by atoms with Crippen LogP contribution in [0.2, 0.25) is 0 Å². The van der Waals surface area contributed by atoms with E-state index in [0.29, 0.717) is 47.0 Å². The van der Waals surface area contributed by atoms with E-state index in [0.717, 1.165) is 10.9 Å². The first-order valence-electron chi connectivity index (χ1n) is 11.5. The number of H-pyrrole nitrogens is 1. The van der Waals surface area contributed by atoms with Crippen LogP contribution in [0.15, 0.2) is 77.6 Å². The fourth-order valence-electron chi connectivity index (χ4n) is 3.96. The largest absolute Gasteiger partial charge is 0.497 e. The lowest BCUT2D eigenvalue weighted by molar-refractivity contribution is 0.209. The lowest BCUT2D eigenvalue weighted by Gasteiger charge is -2.23. The van der Waals surface area contributed by atoms with Crippen LogP contribution in [0.4, 0.5) is 10.5 Å². The number of methoxy groups -OCH3 is 3. The maximum atomic E-state index is 13.3. The summed E-state index contributed by atoms with van der Waals surface area (Å²) in [7, 11) is 4.77. The molecule has 0 aliphatic carbocycles. The van der Waals surface area contributed by atoms with Gasteiger partial charge in [0, 0.05) is 28.7 Å². The topological polar surface area (TPSA) is 92.9 Å². The van der Waals surface area contributed by atoms with Crippen LogP contribution < -0.4 is 25.1 Å². The van der Waals surface area contributed by atoms with Crippen molar-refractivity contribution in [2.45, 2.75) is 13.0 Å². The first kappa shape index (κ1) is 24.7. The molecule has 36 heavy (non-hydrogen) atoms. The summed E-state index contributed by atoms with van der Waals surface area (Å²) in [4.78, 5) is 30.7. The number of carbonyl (C=O) groups is 1. The molecule has 0 fully saturated rings. The molecule has 0 saturated carbocycles. The number of nitrogens with one attached hydrogen (secondary N) is 2. The van der Waals surface area contributed by atoms with Gasteiger partial charge in [0.1, 0.15) is 5.75 Å². The van der Waals surface area contributed by atoms with Crippen LogP contribution in [-0.4, -0.2) is 43.8 Å². The Balaban J connectivity index is 1.61. The van der Waals surface area contributed by atoms with Crippen molar-refractivity contribution < 1.29 is 19.0 Å². The number of fused-ring (bicyclic) bond motifs is 1. The molecule has 1 heterocycles. The van der Waals surface area contributed by atoms with Gasteiger partial charge in [-0.15, -0.1) is 0 Å². The van der Waals surface area contributed by atoms with Crippen molar-refractivity contribution in [1.29, 1.82) is 0 Å². The number of urea groups is 1. The second-order valence-electron chi connectivity index (χ2n) is 8.23. The summed E-state index contributed by atoms with van der Waals surface area (Å²) < 4.78 is 16.0. The molecular weight excluding hydrogens is 458 g/mol. The minimum Gasteiger partial charge on any atom is -0.497 e. The minimum absolute atomic E-state index is 0.133. The number of ether oxygens (including phenoxy) is 3. The SMILES string of the molecule is COc1ccc2[nH]c(=O)c(CN(CCc3ccc(OC)c(OC)c3)C(=O)Nc3ccccc3)cc2c1. The van der Waals surface area contributed by atoms with Crippen molar-refractivity contribution >= 4 is 22.6 Å². The Bertz CT molecular complexity index is 1400. The highest BCUT2D eigenvalue weighted by Crippen LogP contribution is 2.28. The van der Waals surface area contributed by atoms with Crippen molar-refractivity contribution in [1.82, 2.24) is 9.88 Å². The number of anilines is 1. The third kappa shape index (κ3) is 5.78. The number of hydrogen-bond donors (Lipinski definition) is 2. The smallest absolute Gasteiger partial charge is 0.322 e. The number of para-hydroxylation sites is 1. The highest BCUT2D eigenvalue weighted by atomic mass is 16.5. The lowest BCUT2D eigenvalue weighted by atomic mass is 10.1. The summed E-state index contributed by atoms with van der Waals surface area (Å²) in [5.41, 5.74) is 2.59. The number of hydrogen-bond acceptors (Lipinski definition) is 5. The zero-order chi connectivity index (χ0) is 25.5. The highest BCUT2D eigenvalue weighted by molar-refractivity contribution is 5.89. The molecule has 1 aromatic heterocycles. The van der Waals surface area contributed by atoms with Crippen LogP contribution in [0.1, 0.15) is 11.1 Å². The van der Waals surface area contributed by atoms with Gasteiger partial charge >= 0.3 is 6.03 Å². The summed E-state index contributed by atoms with van der Waals surface area (Å²) in [6, 6.07) is 21.8. The molecule has 0 aliphatic heterocycles. The zero-order valence-electron chi connectivity index (χ0n) is 20.5. The lowest BCUT2D eigenvalue weighted by Crippen LogP contribution is -2.37. The molecule has 8 heteroatoms. The van der Waals surface area contributed by atoms with E-state index in [2.05, 4.69) is 10.3 Å². The Hall–Kier alpha value is -4.46. The standard InChI is InChI=1S/C28H29N3O5/c1-34-23-10-11-24-20(17-23)16-21(27(32)30-24)18-31(28(33)29-22-7-5-4-6-8-22)14-13-19-9-12-25(35-2)26(15-19)36-3/h4-12,15-17H,13-14,18H2,1-3H3,(H,29,33)(H,30,32). The Labute approximate surface area is 209 Å². The Morgan fingerprint density at radius 2 is 1.67 bits per heavy atom. The van der Waals surface area contributed by atoms with E-state index in [-0.39, 0.29) is 18.1 Å². The third-order valence-electron chi connectivity index (χ3n) is 5.92. The number of carbonyl (C=O) groups excluding carboxylic acids is 1. The minimum atomic E-state index is -0.299. The molecule has 2 amide bonds. The van der Waals surface area contributed by atoms with E-state index in [1.807, 2.05) is 54.6 Å². The van der Waals surface area contributed by atoms with Gasteiger partial charge in [0.15, 0.2) is 11.5 Å². The summed E-state index contributed by atoms with van der Waals surface area (Å²) in [5, 5.41) is 3.75. The van der Waals surface area contributed by atoms with Gasteiger partial charge in [-0.1, -0.05) is 24.3 Å². The average Bonchev–Trinajstić information content (AvgIpc) is 2.91. The summed E-state index contributed by atoms with van der Waals surface area (Å²) >= 11 is 0. The first-order chi connectivity index (χ1) is 17.5. The molecule has 2 N–H and O–H groups in total. The molecule has 0 radical (unpaired) electrons. The monoisotopic (exact) mass is 487 g/mol. The average molecular weight is 488 g/mol. The number of amides is 2. The van der Waals surface area contributed by atoms with Gasteiger partial charge in [0.25, 0.3) is 5.56 Å². The predicted octanol–water partition coefficient (Wildman–Crippen LogP) is 4.83. The number of benzene rings is 3. The van der Waals surface area contributed by atoms with Gasteiger partial charge in [-0.25, -0.2) is 4.79 Å². The van der Waals surface area contributed by atoms with Gasteiger partial charge in [-0.05, 0) is 60.5 Å². The maximum Gasteiger partial charge on any atom is 0.322 e. The molecule has 8 nitrogen and oxygen atoms in total. The number of pyridine rings is 1. The zero-order valence-corrected chi connectivity index (χ0v) is 20.5. The molecule has 0 aliphatic rings. The van der Waals surface area contributed by atoms with Gasteiger partial charge in [-0.3, -0.25) is 4.79 Å². The Kier molecular flexibility index (Phi) is 7.75. The molecule has 4 aromatic rings. The Morgan fingerprint density at radius 3 is 2.39 bits per heavy atom. The van der Waals surface area contributed by atoms with E-state index in [9.17, 15) is 9.59 Å². The Morgan fingerprint density at radius 1 is 0.889 bits per heavy atom. The molecule has 0 saturated heterocycles. The fourth-order valence-corrected chi connectivity index (χ4v) is 3.96. The first-order valence-corrected chi connectivity index (χ1v) is 11.5. The molecule has 186 valence electrons. The molecule has 4 rings (SSSR count). The van der Waals surface area contributed by atoms with Crippen LogP contribution in [0, 0.1) is 0 Å². The van der Waals surface area contributed by atoms with E-state index in [1.54, 1.807) is 44.4 Å². The molecule has 0 atom stereocenters. The van der Waals surface area contributed by atoms with Crippen LogP contribution in [0.3, 0.4) is 0 Å². The number of aromatic amines is 1. The molecule has 0 bridgehead atoms. The molecule has 0 unspecified atom stereocenters.